The lowest BCUT2D eigenvalue weighted by Gasteiger charge is -2.39. The lowest BCUT2D eigenvalue weighted by atomic mass is 9.84. The van der Waals surface area contributed by atoms with Gasteiger partial charge in [0.05, 0.1) is 23.5 Å². The van der Waals surface area contributed by atoms with E-state index in [1.54, 1.807) is 26.1 Å². The van der Waals surface area contributed by atoms with Crippen LogP contribution in [0, 0.1) is 11.6 Å². The van der Waals surface area contributed by atoms with E-state index in [-0.39, 0.29) is 17.9 Å². The van der Waals surface area contributed by atoms with Crippen LogP contribution >= 0.6 is 15.9 Å². The van der Waals surface area contributed by atoms with Gasteiger partial charge in [0.2, 0.25) is 0 Å². The number of piperidine rings is 1. The number of aromatic nitrogens is 2. The molecule has 0 saturated carbocycles. The number of ether oxygens (including phenoxy) is 1. The Bertz CT molecular complexity index is 1340. The van der Waals surface area contributed by atoms with Crippen molar-refractivity contribution in [3.8, 4) is 0 Å². The van der Waals surface area contributed by atoms with Gasteiger partial charge in [-0.3, -0.25) is 9.88 Å². The van der Waals surface area contributed by atoms with Gasteiger partial charge >= 0.3 is 0 Å². The molecule has 0 bridgehead atoms. The van der Waals surface area contributed by atoms with Crippen LogP contribution in [0.2, 0.25) is 0 Å². The van der Waals surface area contributed by atoms with Crippen molar-refractivity contribution in [2.24, 2.45) is 5.16 Å². The Labute approximate surface area is 228 Å². The second kappa shape index (κ2) is 10.8. The van der Waals surface area contributed by atoms with Crippen LogP contribution in [-0.4, -0.2) is 51.0 Å². The third-order valence-electron chi connectivity index (χ3n) is 6.86. The SMILES string of the molecule is CC(C)(O)CO/N=C(\c1ccc(F)c(F)c1)c1ccc(CN2CCC3(CC2)OCc2cc(Br)ncc23)cn1. The Morgan fingerprint density at radius 3 is 2.61 bits per heavy atom. The molecule has 3 aromatic rings. The molecule has 0 radical (unpaired) electrons. The zero-order valence-electron chi connectivity index (χ0n) is 21.3. The first kappa shape index (κ1) is 26.8. The van der Waals surface area contributed by atoms with E-state index in [2.05, 4.69) is 36.0 Å². The zero-order valence-corrected chi connectivity index (χ0v) is 22.8. The highest BCUT2D eigenvalue weighted by molar-refractivity contribution is 9.10. The number of pyridine rings is 2. The van der Waals surface area contributed by atoms with Gasteiger partial charge in [0, 0.05) is 43.2 Å². The summed E-state index contributed by atoms with van der Waals surface area (Å²) in [6, 6.07) is 9.28. The Kier molecular flexibility index (Phi) is 7.59. The molecular weight excluding hydrogens is 558 g/mol. The van der Waals surface area contributed by atoms with E-state index >= 15 is 0 Å². The van der Waals surface area contributed by atoms with E-state index in [4.69, 9.17) is 9.57 Å². The van der Waals surface area contributed by atoms with Crippen LogP contribution in [-0.2, 0) is 28.3 Å². The first-order chi connectivity index (χ1) is 18.1. The molecule has 2 aromatic heterocycles. The van der Waals surface area contributed by atoms with Crippen molar-refractivity contribution in [3.05, 3.63) is 93.0 Å². The highest BCUT2D eigenvalue weighted by atomic mass is 79.9. The fourth-order valence-corrected chi connectivity index (χ4v) is 5.22. The van der Waals surface area contributed by atoms with Crippen molar-refractivity contribution in [3.63, 3.8) is 0 Å². The number of rotatable bonds is 7. The summed E-state index contributed by atoms with van der Waals surface area (Å²) in [5.74, 6) is -1.94. The van der Waals surface area contributed by atoms with Crippen LogP contribution in [0.1, 0.15) is 54.6 Å². The average Bonchev–Trinajstić information content (AvgIpc) is 3.22. The molecule has 2 aliphatic heterocycles. The van der Waals surface area contributed by atoms with E-state index in [0.717, 1.165) is 54.8 Å². The molecule has 10 heteroatoms. The molecule has 1 spiro atoms. The summed E-state index contributed by atoms with van der Waals surface area (Å²) < 4.78 is 34.6. The summed E-state index contributed by atoms with van der Waals surface area (Å²) >= 11 is 3.44. The van der Waals surface area contributed by atoms with Crippen molar-refractivity contribution in [1.29, 1.82) is 0 Å². The van der Waals surface area contributed by atoms with Gasteiger partial charge < -0.3 is 14.7 Å². The molecule has 0 amide bonds. The number of likely N-dealkylation sites (tertiary alicyclic amines) is 1. The molecule has 1 aromatic carbocycles. The molecule has 200 valence electrons. The Balaban J connectivity index is 1.27. The number of nitrogens with zero attached hydrogens (tertiary/aromatic N) is 4. The maximum Gasteiger partial charge on any atom is 0.159 e. The summed E-state index contributed by atoms with van der Waals surface area (Å²) in [6.45, 7) is 6.19. The van der Waals surface area contributed by atoms with Gasteiger partial charge in [0.25, 0.3) is 0 Å². The standard InChI is InChI=1S/C28H29BrF2N4O3/c1-27(2,36)17-38-34-26(19-4-5-22(30)23(31)11-19)24-6-3-18(13-32-24)15-35-9-7-28(8-10-35)21-14-33-25(29)12-20(21)16-37-28/h3-6,11-14,36H,7-10,15-17H2,1-2H3/b34-26+. The van der Waals surface area contributed by atoms with E-state index < -0.39 is 17.2 Å². The first-order valence-electron chi connectivity index (χ1n) is 12.5. The number of aliphatic hydroxyl groups is 1. The van der Waals surface area contributed by atoms with Crippen LogP contribution in [0.25, 0.3) is 0 Å². The molecule has 0 aliphatic carbocycles. The second-order valence-corrected chi connectivity index (χ2v) is 11.2. The summed E-state index contributed by atoms with van der Waals surface area (Å²) in [7, 11) is 0. The fourth-order valence-electron chi connectivity index (χ4n) is 4.84. The average molecular weight is 587 g/mol. The smallest absolute Gasteiger partial charge is 0.159 e. The largest absolute Gasteiger partial charge is 0.392 e. The summed E-state index contributed by atoms with van der Waals surface area (Å²) in [5, 5.41) is 14.0. The normalized spacial score (nSPS) is 17.6. The van der Waals surface area contributed by atoms with Gasteiger partial charge in [-0.05, 0) is 84.1 Å². The molecule has 7 nitrogen and oxygen atoms in total. The molecule has 4 heterocycles. The number of fused-ring (bicyclic) bond motifs is 2. The summed E-state index contributed by atoms with van der Waals surface area (Å²) in [5.41, 5.74) is 3.06. The Morgan fingerprint density at radius 2 is 1.92 bits per heavy atom. The summed E-state index contributed by atoms with van der Waals surface area (Å²) in [4.78, 5) is 16.6. The minimum absolute atomic E-state index is 0.0732. The number of oxime groups is 1. The maximum atomic E-state index is 13.9. The van der Waals surface area contributed by atoms with Gasteiger partial charge in [-0.2, -0.15) is 0 Å². The van der Waals surface area contributed by atoms with Crippen molar-refractivity contribution in [1.82, 2.24) is 14.9 Å². The van der Waals surface area contributed by atoms with E-state index in [9.17, 15) is 13.9 Å². The van der Waals surface area contributed by atoms with Gasteiger partial charge in [-0.15, -0.1) is 0 Å². The van der Waals surface area contributed by atoms with Crippen molar-refractivity contribution in [2.75, 3.05) is 19.7 Å². The molecule has 38 heavy (non-hydrogen) atoms. The molecule has 5 rings (SSSR count). The van der Waals surface area contributed by atoms with E-state index in [0.29, 0.717) is 17.9 Å². The minimum atomic E-state index is -1.11. The first-order valence-corrected chi connectivity index (χ1v) is 13.3. The topological polar surface area (TPSA) is 80.1 Å². The molecular formula is C28H29BrF2N4O3. The van der Waals surface area contributed by atoms with Crippen LogP contribution in [0.15, 0.2) is 58.6 Å². The third kappa shape index (κ3) is 5.93. The van der Waals surface area contributed by atoms with Crippen LogP contribution in [0.3, 0.4) is 0 Å². The number of hydrogen-bond donors (Lipinski definition) is 1. The predicted molar refractivity (Wildman–Crippen MR) is 141 cm³/mol. The van der Waals surface area contributed by atoms with Crippen molar-refractivity contribution in [2.45, 2.75) is 51.0 Å². The van der Waals surface area contributed by atoms with Crippen molar-refractivity contribution < 1.29 is 23.5 Å². The van der Waals surface area contributed by atoms with Crippen molar-refractivity contribution >= 4 is 21.6 Å². The lowest BCUT2D eigenvalue weighted by molar-refractivity contribution is -0.0800. The van der Waals surface area contributed by atoms with Crippen LogP contribution in [0.5, 0.6) is 0 Å². The maximum absolute atomic E-state index is 13.9. The highest BCUT2D eigenvalue weighted by Gasteiger charge is 2.42. The lowest BCUT2D eigenvalue weighted by Crippen LogP contribution is -2.42. The molecule has 0 atom stereocenters. The molecule has 2 aliphatic rings. The van der Waals surface area contributed by atoms with E-state index in [1.807, 2.05) is 18.3 Å². The van der Waals surface area contributed by atoms with Gasteiger partial charge in [0.15, 0.2) is 11.6 Å². The van der Waals surface area contributed by atoms with E-state index in [1.165, 1.54) is 17.2 Å². The fraction of sp³-hybridized carbons (Fsp3) is 0.393. The van der Waals surface area contributed by atoms with Gasteiger partial charge in [-0.1, -0.05) is 11.2 Å². The molecule has 1 N–H and O–H groups in total. The van der Waals surface area contributed by atoms with Crippen LogP contribution < -0.4 is 0 Å². The molecule has 1 fully saturated rings. The van der Waals surface area contributed by atoms with Crippen LogP contribution in [0.4, 0.5) is 8.78 Å². The number of hydrogen-bond acceptors (Lipinski definition) is 7. The van der Waals surface area contributed by atoms with Gasteiger partial charge in [-0.25, -0.2) is 13.8 Å². The minimum Gasteiger partial charge on any atom is -0.392 e. The zero-order chi connectivity index (χ0) is 26.9. The Hall–Kier alpha value is -2.79. The molecule has 0 unspecified atom stereocenters. The quantitative estimate of drug-likeness (QED) is 0.236. The Morgan fingerprint density at radius 1 is 1.13 bits per heavy atom. The molecule has 1 saturated heterocycles. The monoisotopic (exact) mass is 586 g/mol. The highest BCUT2D eigenvalue weighted by Crippen LogP contribution is 2.44. The predicted octanol–water partition coefficient (Wildman–Crippen LogP) is 5.08. The third-order valence-corrected chi connectivity index (χ3v) is 7.29. The van der Waals surface area contributed by atoms with Gasteiger partial charge in [0.1, 0.15) is 16.9 Å². The number of halogens is 3. The summed E-state index contributed by atoms with van der Waals surface area (Å²) in [6.07, 6.45) is 5.47. The number of benzene rings is 1. The second-order valence-electron chi connectivity index (χ2n) is 10.4.